The summed E-state index contributed by atoms with van der Waals surface area (Å²) in [5.74, 6) is 1.20. The molecule has 0 amide bonds. The summed E-state index contributed by atoms with van der Waals surface area (Å²) in [6.07, 6.45) is 5.27. The predicted octanol–water partition coefficient (Wildman–Crippen LogP) is 3.48. The molecular formula is C12H23N. The average molecular weight is 181 g/mol. The lowest BCUT2D eigenvalue weighted by Gasteiger charge is -2.10. The van der Waals surface area contributed by atoms with Gasteiger partial charge in [0.15, 0.2) is 0 Å². The Bertz CT molecular complexity index is 199. The Morgan fingerprint density at radius 2 is 1.85 bits per heavy atom. The monoisotopic (exact) mass is 181 g/mol. The molecule has 0 aliphatic heterocycles. The second kappa shape index (κ2) is 5.85. The van der Waals surface area contributed by atoms with Gasteiger partial charge in [0.25, 0.3) is 0 Å². The van der Waals surface area contributed by atoms with E-state index in [1.54, 1.807) is 0 Å². The second-order valence-electron chi connectivity index (χ2n) is 4.11. The number of allylic oxidation sites excluding steroid dienone is 4. The third-order valence-corrected chi connectivity index (χ3v) is 2.39. The van der Waals surface area contributed by atoms with Crippen LogP contribution in [-0.4, -0.2) is 0 Å². The molecule has 1 nitrogen and oxygen atoms in total. The summed E-state index contributed by atoms with van der Waals surface area (Å²) in [6.45, 7) is 10.8. The first-order chi connectivity index (χ1) is 5.97. The van der Waals surface area contributed by atoms with E-state index < -0.39 is 0 Å². The van der Waals surface area contributed by atoms with Crippen molar-refractivity contribution in [3.8, 4) is 0 Å². The highest BCUT2D eigenvalue weighted by Crippen LogP contribution is 2.15. The molecule has 0 fully saturated rings. The Balaban J connectivity index is 4.14. The molecule has 13 heavy (non-hydrogen) atoms. The zero-order valence-corrected chi connectivity index (χ0v) is 9.59. The Hall–Kier alpha value is -0.720. The van der Waals surface area contributed by atoms with Crippen molar-refractivity contribution in [2.24, 2.45) is 17.6 Å². The first kappa shape index (κ1) is 12.3. The van der Waals surface area contributed by atoms with Crippen molar-refractivity contribution in [2.45, 2.75) is 41.0 Å². The van der Waals surface area contributed by atoms with Gasteiger partial charge in [0.1, 0.15) is 0 Å². The lowest BCUT2D eigenvalue weighted by molar-refractivity contribution is 0.677. The van der Waals surface area contributed by atoms with Crippen molar-refractivity contribution in [1.82, 2.24) is 0 Å². The van der Waals surface area contributed by atoms with Gasteiger partial charge >= 0.3 is 0 Å². The topological polar surface area (TPSA) is 26.0 Å². The molecule has 0 aromatic rings. The molecule has 0 aliphatic rings. The van der Waals surface area contributed by atoms with E-state index in [2.05, 4.69) is 33.8 Å². The standard InChI is InChI=1S/C12H23N/c1-6-12(13)8-10(4)7-11(5)9(2)3/h6-7,9-10H,8,13H2,1-5H3/b11-7+,12-6+. The van der Waals surface area contributed by atoms with E-state index in [-0.39, 0.29) is 0 Å². The molecule has 1 heteroatoms. The Labute approximate surface area is 82.7 Å². The molecule has 1 atom stereocenters. The van der Waals surface area contributed by atoms with Crippen LogP contribution in [0.1, 0.15) is 41.0 Å². The first-order valence-electron chi connectivity index (χ1n) is 5.06. The maximum absolute atomic E-state index is 5.76. The molecular weight excluding hydrogens is 158 g/mol. The summed E-state index contributed by atoms with van der Waals surface area (Å²) < 4.78 is 0. The fourth-order valence-corrected chi connectivity index (χ4v) is 1.19. The van der Waals surface area contributed by atoms with Gasteiger partial charge in [0, 0.05) is 5.70 Å². The van der Waals surface area contributed by atoms with Gasteiger partial charge in [-0.3, -0.25) is 0 Å². The number of nitrogens with two attached hydrogens (primary N) is 1. The Morgan fingerprint density at radius 3 is 2.23 bits per heavy atom. The zero-order valence-electron chi connectivity index (χ0n) is 9.59. The van der Waals surface area contributed by atoms with E-state index in [1.807, 2.05) is 13.0 Å². The molecule has 1 unspecified atom stereocenters. The molecule has 0 saturated carbocycles. The van der Waals surface area contributed by atoms with Gasteiger partial charge < -0.3 is 5.73 Å². The normalized spacial score (nSPS) is 16.5. The molecule has 0 saturated heterocycles. The molecule has 0 spiro atoms. The second-order valence-corrected chi connectivity index (χ2v) is 4.11. The summed E-state index contributed by atoms with van der Waals surface area (Å²) in [7, 11) is 0. The average Bonchev–Trinajstić information content (AvgIpc) is 2.03. The highest BCUT2D eigenvalue weighted by molar-refractivity contribution is 5.06. The van der Waals surface area contributed by atoms with Crippen molar-refractivity contribution < 1.29 is 0 Å². The zero-order chi connectivity index (χ0) is 10.4. The highest BCUT2D eigenvalue weighted by Gasteiger charge is 2.02. The molecule has 0 radical (unpaired) electrons. The molecule has 76 valence electrons. The third-order valence-electron chi connectivity index (χ3n) is 2.39. The van der Waals surface area contributed by atoms with E-state index in [0.717, 1.165) is 12.1 Å². The van der Waals surface area contributed by atoms with Crippen LogP contribution >= 0.6 is 0 Å². The van der Waals surface area contributed by atoms with Crippen LogP contribution in [-0.2, 0) is 0 Å². The highest BCUT2D eigenvalue weighted by atomic mass is 14.6. The van der Waals surface area contributed by atoms with Crippen molar-refractivity contribution in [3.63, 3.8) is 0 Å². The largest absolute Gasteiger partial charge is 0.402 e. The maximum Gasteiger partial charge on any atom is 0.00429 e. The summed E-state index contributed by atoms with van der Waals surface area (Å²) >= 11 is 0. The minimum Gasteiger partial charge on any atom is -0.402 e. The van der Waals surface area contributed by atoms with Crippen LogP contribution in [0, 0.1) is 11.8 Å². The van der Waals surface area contributed by atoms with E-state index >= 15 is 0 Å². The van der Waals surface area contributed by atoms with E-state index in [4.69, 9.17) is 5.73 Å². The Kier molecular flexibility index (Phi) is 5.52. The Morgan fingerprint density at radius 1 is 1.31 bits per heavy atom. The SMILES string of the molecule is C/C=C(/N)CC(C)/C=C(\C)C(C)C. The van der Waals surface area contributed by atoms with Gasteiger partial charge in [-0.2, -0.15) is 0 Å². The smallest absolute Gasteiger partial charge is 0.00429 e. The molecule has 0 aromatic heterocycles. The van der Waals surface area contributed by atoms with Crippen LogP contribution in [0.25, 0.3) is 0 Å². The molecule has 0 aromatic carbocycles. The van der Waals surface area contributed by atoms with Crippen molar-refractivity contribution in [2.75, 3.05) is 0 Å². The molecule has 2 N–H and O–H groups in total. The van der Waals surface area contributed by atoms with E-state index in [0.29, 0.717) is 11.8 Å². The maximum atomic E-state index is 5.76. The molecule has 0 heterocycles. The van der Waals surface area contributed by atoms with Gasteiger partial charge in [-0.1, -0.05) is 38.5 Å². The van der Waals surface area contributed by atoms with Crippen molar-refractivity contribution >= 4 is 0 Å². The van der Waals surface area contributed by atoms with Crippen LogP contribution < -0.4 is 5.73 Å². The lowest BCUT2D eigenvalue weighted by Crippen LogP contribution is -2.03. The lowest BCUT2D eigenvalue weighted by atomic mass is 9.97. The minimum absolute atomic E-state index is 0.554. The summed E-state index contributed by atoms with van der Waals surface area (Å²) in [5.41, 5.74) is 8.20. The predicted molar refractivity (Wildman–Crippen MR) is 60.3 cm³/mol. The molecule has 0 rings (SSSR count). The number of hydrogen-bond acceptors (Lipinski definition) is 1. The van der Waals surface area contributed by atoms with Gasteiger partial charge in [0.2, 0.25) is 0 Å². The third kappa shape index (κ3) is 5.51. The summed E-state index contributed by atoms with van der Waals surface area (Å²) in [5, 5.41) is 0. The molecule has 0 aliphatic carbocycles. The van der Waals surface area contributed by atoms with Gasteiger partial charge in [-0.15, -0.1) is 0 Å². The number of rotatable bonds is 4. The van der Waals surface area contributed by atoms with E-state index in [9.17, 15) is 0 Å². The summed E-state index contributed by atoms with van der Waals surface area (Å²) in [4.78, 5) is 0. The van der Waals surface area contributed by atoms with Crippen LogP contribution in [0.4, 0.5) is 0 Å². The van der Waals surface area contributed by atoms with Gasteiger partial charge in [0.05, 0.1) is 0 Å². The number of hydrogen-bond donors (Lipinski definition) is 1. The van der Waals surface area contributed by atoms with E-state index in [1.165, 1.54) is 5.57 Å². The van der Waals surface area contributed by atoms with Crippen LogP contribution in [0.15, 0.2) is 23.4 Å². The van der Waals surface area contributed by atoms with Crippen molar-refractivity contribution in [1.29, 1.82) is 0 Å². The fraction of sp³-hybridized carbons (Fsp3) is 0.667. The van der Waals surface area contributed by atoms with Crippen LogP contribution in [0.2, 0.25) is 0 Å². The van der Waals surface area contributed by atoms with Crippen molar-refractivity contribution in [3.05, 3.63) is 23.4 Å². The minimum atomic E-state index is 0.554. The first-order valence-corrected chi connectivity index (χ1v) is 5.06. The quantitative estimate of drug-likeness (QED) is 0.660. The van der Waals surface area contributed by atoms with Gasteiger partial charge in [-0.05, 0) is 32.1 Å². The van der Waals surface area contributed by atoms with Crippen LogP contribution in [0.5, 0.6) is 0 Å². The van der Waals surface area contributed by atoms with Crippen LogP contribution in [0.3, 0.4) is 0 Å². The molecule has 0 bridgehead atoms. The summed E-state index contributed by atoms with van der Waals surface area (Å²) in [6, 6.07) is 0. The van der Waals surface area contributed by atoms with Gasteiger partial charge in [-0.25, -0.2) is 0 Å². The fourth-order valence-electron chi connectivity index (χ4n) is 1.19.